The van der Waals surface area contributed by atoms with Crippen LogP contribution in [0.5, 0.6) is 0 Å². The van der Waals surface area contributed by atoms with Crippen molar-refractivity contribution in [2.75, 3.05) is 0 Å². The lowest BCUT2D eigenvalue weighted by atomic mass is 9.47. The van der Waals surface area contributed by atoms with E-state index in [9.17, 15) is 9.90 Å². The number of ketones is 1. The van der Waals surface area contributed by atoms with Gasteiger partial charge < -0.3 is 5.11 Å². The highest BCUT2D eigenvalue weighted by atomic mass is 16.3. The molecule has 0 aromatic carbocycles. The van der Waals surface area contributed by atoms with E-state index in [1.54, 1.807) is 0 Å². The van der Waals surface area contributed by atoms with Crippen LogP contribution in [0.3, 0.4) is 0 Å². The summed E-state index contributed by atoms with van der Waals surface area (Å²) >= 11 is 0. The third kappa shape index (κ3) is 2.06. The number of Topliss-reactive ketones (excluding diaryl/α,β-unsaturated/α-hetero) is 1. The Balaban J connectivity index is 2.07. The molecule has 122 valence electrons. The van der Waals surface area contributed by atoms with Gasteiger partial charge in [0.2, 0.25) is 0 Å². The normalized spacial score (nSPS) is 44.3. The highest BCUT2D eigenvalue weighted by Crippen LogP contribution is 2.62. The molecule has 3 aliphatic rings. The smallest absolute Gasteiger partial charge is 0.138 e. The van der Waals surface area contributed by atoms with Gasteiger partial charge in [-0.25, -0.2) is 0 Å². The lowest BCUT2D eigenvalue weighted by molar-refractivity contribution is -0.140. The van der Waals surface area contributed by atoms with E-state index >= 15 is 0 Å². The van der Waals surface area contributed by atoms with Gasteiger partial charge in [0.1, 0.15) is 5.78 Å². The van der Waals surface area contributed by atoms with Crippen LogP contribution in [0.15, 0.2) is 23.8 Å². The van der Waals surface area contributed by atoms with Gasteiger partial charge in [-0.15, -0.1) is 6.58 Å². The summed E-state index contributed by atoms with van der Waals surface area (Å²) in [6.45, 7) is 12.7. The molecule has 2 heteroatoms. The van der Waals surface area contributed by atoms with Crippen LogP contribution in [0.4, 0.5) is 0 Å². The minimum Gasteiger partial charge on any atom is -0.389 e. The number of hydrogen-bond acceptors (Lipinski definition) is 2. The largest absolute Gasteiger partial charge is 0.389 e. The van der Waals surface area contributed by atoms with Gasteiger partial charge >= 0.3 is 0 Å². The molecule has 0 spiro atoms. The second-order valence-corrected chi connectivity index (χ2v) is 8.93. The first-order valence-electron chi connectivity index (χ1n) is 8.71. The molecule has 0 heterocycles. The molecule has 3 aliphatic carbocycles. The quantitative estimate of drug-likeness (QED) is 0.727. The van der Waals surface area contributed by atoms with Gasteiger partial charge in [-0.3, -0.25) is 4.79 Å². The number of aliphatic hydroxyl groups excluding tert-OH is 1. The monoisotopic (exact) mass is 302 g/mol. The zero-order chi connectivity index (χ0) is 16.3. The first-order valence-corrected chi connectivity index (χ1v) is 8.71. The number of hydrogen-bond donors (Lipinski definition) is 1. The van der Waals surface area contributed by atoms with Crippen LogP contribution < -0.4 is 0 Å². The number of aliphatic hydroxyl groups is 1. The first kappa shape index (κ1) is 16.0. The minimum absolute atomic E-state index is 0.00703. The zero-order valence-corrected chi connectivity index (χ0v) is 14.5. The molecule has 0 aromatic rings. The van der Waals surface area contributed by atoms with Crippen molar-refractivity contribution in [1.82, 2.24) is 0 Å². The van der Waals surface area contributed by atoms with E-state index in [-0.39, 0.29) is 22.3 Å². The molecule has 2 nitrogen and oxygen atoms in total. The predicted octanol–water partition coefficient (Wildman–Crippen LogP) is 4.44. The van der Waals surface area contributed by atoms with Crippen molar-refractivity contribution >= 4 is 5.78 Å². The Morgan fingerprint density at radius 2 is 1.91 bits per heavy atom. The predicted molar refractivity (Wildman–Crippen MR) is 89.4 cm³/mol. The average molecular weight is 302 g/mol. The van der Waals surface area contributed by atoms with Crippen LogP contribution in [0.25, 0.3) is 0 Å². The van der Waals surface area contributed by atoms with Crippen LogP contribution in [0.2, 0.25) is 0 Å². The van der Waals surface area contributed by atoms with E-state index in [4.69, 9.17) is 0 Å². The van der Waals surface area contributed by atoms with Gasteiger partial charge in [0.15, 0.2) is 0 Å². The van der Waals surface area contributed by atoms with Gasteiger partial charge in [0.25, 0.3) is 0 Å². The zero-order valence-electron chi connectivity index (χ0n) is 14.5. The molecule has 4 atom stereocenters. The topological polar surface area (TPSA) is 37.3 Å². The molecule has 3 rings (SSSR count). The van der Waals surface area contributed by atoms with E-state index in [1.165, 1.54) is 11.1 Å². The van der Waals surface area contributed by atoms with Crippen LogP contribution in [0.1, 0.15) is 66.2 Å². The van der Waals surface area contributed by atoms with Crippen molar-refractivity contribution in [2.24, 2.45) is 22.2 Å². The maximum atomic E-state index is 12.4. The summed E-state index contributed by atoms with van der Waals surface area (Å²) in [6.07, 6.45) is 7.11. The third-order valence-electron chi connectivity index (χ3n) is 7.06. The molecule has 0 amide bonds. The molecule has 0 saturated heterocycles. The van der Waals surface area contributed by atoms with Crippen molar-refractivity contribution in [3.63, 3.8) is 0 Å². The summed E-state index contributed by atoms with van der Waals surface area (Å²) in [6, 6.07) is 0. The fourth-order valence-electron chi connectivity index (χ4n) is 5.78. The Labute approximate surface area is 134 Å². The van der Waals surface area contributed by atoms with Crippen molar-refractivity contribution in [2.45, 2.75) is 72.3 Å². The van der Waals surface area contributed by atoms with Crippen LogP contribution >= 0.6 is 0 Å². The molecular formula is C20H30O2. The lowest BCUT2D eigenvalue weighted by Gasteiger charge is -2.57. The van der Waals surface area contributed by atoms with Gasteiger partial charge in [-0.05, 0) is 54.4 Å². The maximum absolute atomic E-state index is 12.4. The molecule has 1 fully saturated rings. The molecule has 22 heavy (non-hydrogen) atoms. The average Bonchev–Trinajstić information content (AvgIpc) is 2.42. The standard InChI is InChI=1S/C20H30O2/c1-6-19(4)11-13-7-8-15-18(2,3)16(22)9-10-20(15,5)17(13)14(21)12-19/h6,14-15,21H,1,7-12H2,2-5H3/t14-,15-,19+,20-/m0/s1. The summed E-state index contributed by atoms with van der Waals surface area (Å²) in [5, 5.41) is 10.9. The Hall–Kier alpha value is -0.890. The van der Waals surface area contributed by atoms with E-state index in [2.05, 4.69) is 34.3 Å². The first-order chi connectivity index (χ1) is 10.1. The summed E-state index contributed by atoms with van der Waals surface area (Å²) in [4.78, 5) is 12.4. The Bertz CT molecular complexity index is 556. The van der Waals surface area contributed by atoms with E-state index in [0.29, 0.717) is 18.1 Å². The Kier molecular flexibility index (Phi) is 3.49. The van der Waals surface area contributed by atoms with Gasteiger partial charge in [-0.2, -0.15) is 0 Å². The van der Waals surface area contributed by atoms with E-state index in [0.717, 1.165) is 32.1 Å². The van der Waals surface area contributed by atoms with Crippen molar-refractivity contribution < 1.29 is 9.90 Å². The Morgan fingerprint density at radius 1 is 1.23 bits per heavy atom. The number of carbonyl (C=O) groups is 1. The van der Waals surface area contributed by atoms with E-state index in [1.807, 2.05) is 6.08 Å². The second-order valence-electron chi connectivity index (χ2n) is 8.93. The summed E-state index contributed by atoms with van der Waals surface area (Å²) < 4.78 is 0. The Morgan fingerprint density at radius 3 is 2.55 bits per heavy atom. The number of carbonyl (C=O) groups excluding carboxylic acids is 1. The van der Waals surface area contributed by atoms with Gasteiger partial charge in [-0.1, -0.05) is 39.3 Å². The molecule has 0 bridgehead atoms. The second kappa shape index (κ2) is 4.80. The van der Waals surface area contributed by atoms with Crippen LogP contribution in [-0.2, 0) is 4.79 Å². The number of allylic oxidation sites excluding steroid dienone is 2. The highest BCUT2D eigenvalue weighted by Gasteiger charge is 2.56. The number of rotatable bonds is 1. The van der Waals surface area contributed by atoms with Crippen molar-refractivity contribution in [3.8, 4) is 0 Å². The third-order valence-corrected chi connectivity index (χ3v) is 7.06. The van der Waals surface area contributed by atoms with Crippen LogP contribution in [-0.4, -0.2) is 17.0 Å². The molecule has 0 aromatic heterocycles. The molecule has 1 N–H and O–H groups in total. The molecular weight excluding hydrogens is 272 g/mol. The number of fused-ring (bicyclic) bond motifs is 2. The fraction of sp³-hybridized carbons (Fsp3) is 0.750. The highest BCUT2D eigenvalue weighted by molar-refractivity contribution is 5.85. The van der Waals surface area contributed by atoms with Crippen molar-refractivity contribution in [3.05, 3.63) is 23.8 Å². The van der Waals surface area contributed by atoms with E-state index < -0.39 is 0 Å². The van der Waals surface area contributed by atoms with Gasteiger partial charge in [0.05, 0.1) is 6.10 Å². The van der Waals surface area contributed by atoms with Crippen LogP contribution in [0, 0.1) is 22.2 Å². The van der Waals surface area contributed by atoms with Crippen molar-refractivity contribution in [1.29, 1.82) is 0 Å². The SMILES string of the molecule is C=C[C@]1(C)CC2=C([C@@H](O)C1)[C@@]1(C)CCC(=O)C(C)(C)[C@@H]1CC2. The molecule has 0 radical (unpaired) electrons. The summed E-state index contributed by atoms with van der Waals surface area (Å²) in [5.41, 5.74) is 2.48. The fourth-order valence-corrected chi connectivity index (χ4v) is 5.78. The molecule has 1 saturated carbocycles. The lowest BCUT2D eigenvalue weighted by Crippen LogP contribution is -2.53. The summed E-state index contributed by atoms with van der Waals surface area (Å²) in [7, 11) is 0. The molecule has 0 aliphatic heterocycles. The summed E-state index contributed by atoms with van der Waals surface area (Å²) in [5.74, 6) is 0.767. The maximum Gasteiger partial charge on any atom is 0.138 e. The van der Waals surface area contributed by atoms with Gasteiger partial charge in [0, 0.05) is 11.8 Å². The molecule has 0 unspecified atom stereocenters. The minimum atomic E-state index is -0.372.